The number of carbonyl (C=O) groups excluding carboxylic acids is 1. The molecule has 3 rings (SSSR count). The Labute approximate surface area is 166 Å². The van der Waals surface area contributed by atoms with Gasteiger partial charge in [-0.2, -0.15) is 0 Å². The van der Waals surface area contributed by atoms with Crippen molar-refractivity contribution in [3.8, 4) is 5.75 Å². The molecule has 0 spiro atoms. The van der Waals surface area contributed by atoms with E-state index >= 15 is 0 Å². The van der Waals surface area contributed by atoms with E-state index in [1.807, 2.05) is 36.4 Å². The summed E-state index contributed by atoms with van der Waals surface area (Å²) in [7, 11) is 1.66. The number of nitrogens with one attached hydrogen (secondary N) is 1. The number of methoxy groups -OCH3 is 1. The highest BCUT2D eigenvalue weighted by Gasteiger charge is 2.11. The van der Waals surface area contributed by atoms with E-state index in [9.17, 15) is 4.79 Å². The van der Waals surface area contributed by atoms with E-state index in [0.717, 1.165) is 28.6 Å². The van der Waals surface area contributed by atoms with E-state index in [-0.39, 0.29) is 5.91 Å². The number of carbonyl (C=O) groups is 1. The predicted octanol–water partition coefficient (Wildman–Crippen LogP) is 4.80. The van der Waals surface area contributed by atoms with Crippen molar-refractivity contribution in [2.24, 2.45) is 0 Å². The van der Waals surface area contributed by atoms with Crippen LogP contribution in [0.15, 0.2) is 53.4 Å². The highest BCUT2D eigenvalue weighted by Crippen LogP contribution is 2.22. The maximum Gasteiger partial charge on any atom is 0.225 e. The quantitative estimate of drug-likeness (QED) is 0.664. The first kappa shape index (κ1) is 19.8. The summed E-state index contributed by atoms with van der Waals surface area (Å²) in [6, 6.07) is 16.2. The molecule has 144 valence electrons. The molecule has 0 saturated carbocycles. The van der Waals surface area contributed by atoms with Crippen molar-refractivity contribution in [3.05, 3.63) is 54.1 Å². The second-order valence-electron chi connectivity index (χ2n) is 6.86. The second kappa shape index (κ2) is 10.4. The maximum absolute atomic E-state index is 12.2. The highest BCUT2D eigenvalue weighted by atomic mass is 32.2. The van der Waals surface area contributed by atoms with Crippen molar-refractivity contribution in [2.45, 2.75) is 37.1 Å². The summed E-state index contributed by atoms with van der Waals surface area (Å²) in [4.78, 5) is 15.9. The molecule has 2 aromatic rings. The molecular weight excluding hydrogens is 356 g/mol. The van der Waals surface area contributed by atoms with Gasteiger partial charge in [0.05, 0.1) is 7.11 Å². The molecule has 0 radical (unpaired) electrons. The first-order chi connectivity index (χ1) is 13.2. The standard InChI is InChI=1S/C22H28N2O2S/c1-26-20-8-10-21(11-9-20)27-15-12-22(25)23-19-7-5-6-18(16-19)17-24-13-3-2-4-14-24/h5-11,16H,2-4,12-15,17H2,1H3,(H,23,25). The lowest BCUT2D eigenvalue weighted by Gasteiger charge is -2.26. The minimum atomic E-state index is 0.0612. The maximum atomic E-state index is 12.2. The van der Waals surface area contributed by atoms with E-state index in [2.05, 4.69) is 22.3 Å². The Morgan fingerprint density at radius 2 is 1.89 bits per heavy atom. The van der Waals surface area contributed by atoms with Gasteiger partial charge in [0.1, 0.15) is 5.75 Å². The van der Waals surface area contributed by atoms with Crippen LogP contribution in [-0.4, -0.2) is 36.8 Å². The zero-order valence-electron chi connectivity index (χ0n) is 15.9. The van der Waals surface area contributed by atoms with Gasteiger partial charge in [-0.15, -0.1) is 11.8 Å². The summed E-state index contributed by atoms with van der Waals surface area (Å²) < 4.78 is 5.16. The molecule has 5 heteroatoms. The van der Waals surface area contributed by atoms with Crippen LogP contribution in [0.3, 0.4) is 0 Å². The second-order valence-corrected chi connectivity index (χ2v) is 8.03. The monoisotopic (exact) mass is 384 g/mol. The van der Waals surface area contributed by atoms with Gasteiger partial charge in [-0.3, -0.25) is 9.69 Å². The molecule has 1 heterocycles. The minimum Gasteiger partial charge on any atom is -0.497 e. The van der Waals surface area contributed by atoms with E-state index in [1.165, 1.54) is 37.9 Å². The predicted molar refractivity (Wildman–Crippen MR) is 113 cm³/mol. The average molecular weight is 385 g/mol. The molecule has 1 N–H and O–H groups in total. The molecule has 0 bridgehead atoms. The fraction of sp³-hybridized carbons (Fsp3) is 0.409. The first-order valence-electron chi connectivity index (χ1n) is 9.61. The van der Waals surface area contributed by atoms with Crippen molar-refractivity contribution in [2.75, 3.05) is 31.3 Å². The van der Waals surface area contributed by atoms with Crippen LogP contribution in [0.2, 0.25) is 0 Å². The summed E-state index contributed by atoms with van der Waals surface area (Å²) >= 11 is 1.68. The highest BCUT2D eigenvalue weighted by molar-refractivity contribution is 7.99. The minimum absolute atomic E-state index is 0.0612. The number of benzene rings is 2. The number of rotatable bonds is 8. The lowest BCUT2D eigenvalue weighted by atomic mass is 10.1. The van der Waals surface area contributed by atoms with Gasteiger partial charge in [0.25, 0.3) is 0 Å². The number of likely N-dealkylation sites (tertiary alicyclic amines) is 1. The summed E-state index contributed by atoms with van der Waals surface area (Å²) in [6.07, 6.45) is 4.43. The van der Waals surface area contributed by atoms with Gasteiger partial charge in [-0.05, 0) is 67.9 Å². The van der Waals surface area contributed by atoms with Crippen molar-refractivity contribution >= 4 is 23.4 Å². The van der Waals surface area contributed by atoms with Crippen LogP contribution in [-0.2, 0) is 11.3 Å². The Balaban J connectivity index is 1.43. The molecule has 1 aliphatic rings. The number of ether oxygens (including phenoxy) is 1. The van der Waals surface area contributed by atoms with Gasteiger partial charge >= 0.3 is 0 Å². The largest absolute Gasteiger partial charge is 0.497 e. The number of hydrogen-bond acceptors (Lipinski definition) is 4. The van der Waals surface area contributed by atoms with Crippen LogP contribution >= 0.6 is 11.8 Å². The van der Waals surface area contributed by atoms with Gasteiger partial charge in [0.2, 0.25) is 5.91 Å². The molecular formula is C22H28N2O2S. The Hall–Kier alpha value is -1.98. The SMILES string of the molecule is COc1ccc(SCCC(=O)Nc2cccc(CN3CCCCC3)c2)cc1. The van der Waals surface area contributed by atoms with E-state index in [1.54, 1.807) is 18.9 Å². The Bertz CT molecular complexity index is 727. The molecule has 1 aliphatic heterocycles. The van der Waals surface area contributed by atoms with E-state index < -0.39 is 0 Å². The van der Waals surface area contributed by atoms with Crippen molar-refractivity contribution in [1.29, 1.82) is 0 Å². The topological polar surface area (TPSA) is 41.6 Å². The van der Waals surface area contributed by atoms with E-state index in [4.69, 9.17) is 4.74 Å². The summed E-state index contributed by atoms with van der Waals surface area (Å²) in [5.41, 5.74) is 2.16. The Morgan fingerprint density at radius 1 is 1.11 bits per heavy atom. The number of anilines is 1. The van der Waals surface area contributed by atoms with Gasteiger partial charge in [-0.25, -0.2) is 0 Å². The molecule has 1 saturated heterocycles. The number of piperidine rings is 1. The lowest BCUT2D eigenvalue weighted by molar-refractivity contribution is -0.115. The summed E-state index contributed by atoms with van der Waals surface area (Å²) in [5.74, 6) is 1.67. The van der Waals surface area contributed by atoms with E-state index in [0.29, 0.717) is 6.42 Å². The third kappa shape index (κ3) is 6.60. The fourth-order valence-electron chi connectivity index (χ4n) is 3.28. The molecule has 0 atom stereocenters. The third-order valence-electron chi connectivity index (χ3n) is 4.72. The number of hydrogen-bond donors (Lipinski definition) is 1. The molecule has 27 heavy (non-hydrogen) atoms. The zero-order chi connectivity index (χ0) is 18.9. The van der Waals surface area contributed by atoms with Gasteiger partial charge in [0.15, 0.2) is 0 Å². The first-order valence-corrected chi connectivity index (χ1v) is 10.6. The van der Waals surface area contributed by atoms with Crippen molar-refractivity contribution < 1.29 is 9.53 Å². The molecule has 0 unspecified atom stereocenters. The van der Waals surface area contributed by atoms with Crippen LogP contribution in [0.1, 0.15) is 31.2 Å². The number of thioether (sulfide) groups is 1. The summed E-state index contributed by atoms with van der Waals surface area (Å²) in [6.45, 7) is 3.33. The molecule has 1 amide bonds. The molecule has 0 aromatic heterocycles. The van der Waals surface area contributed by atoms with Gasteiger partial charge < -0.3 is 10.1 Å². The third-order valence-corrected chi connectivity index (χ3v) is 5.74. The Morgan fingerprint density at radius 3 is 2.63 bits per heavy atom. The zero-order valence-corrected chi connectivity index (χ0v) is 16.8. The summed E-state index contributed by atoms with van der Waals surface area (Å²) in [5, 5.41) is 3.03. The van der Waals surface area contributed by atoms with Crippen molar-refractivity contribution in [1.82, 2.24) is 4.90 Å². The lowest BCUT2D eigenvalue weighted by Crippen LogP contribution is -2.29. The van der Waals surface area contributed by atoms with Crippen LogP contribution in [0.5, 0.6) is 5.75 Å². The van der Waals surface area contributed by atoms with Gasteiger partial charge in [-0.1, -0.05) is 18.6 Å². The Kier molecular flexibility index (Phi) is 7.60. The van der Waals surface area contributed by atoms with Crippen LogP contribution in [0.25, 0.3) is 0 Å². The van der Waals surface area contributed by atoms with Crippen molar-refractivity contribution in [3.63, 3.8) is 0 Å². The normalized spacial score (nSPS) is 14.7. The number of nitrogens with zero attached hydrogens (tertiary/aromatic N) is 1. The van der Waals surface area contributed by atoms with Crippen LogP contribution < -0.4 is 10.1 Å². The van der Waals surface area contributed by atoms with Crippen LogP contribution in [0, 0.1) is 0 Å². The van der Waals surface area contributed by atoms with Gasteiger partial charge in [0, 0.05) is 29.3 Å². The molecule has 1 fully saturated rings. The number of amides is 1. The fourth-order valence-corrected chi connectivity index (χ4v) is 4.13. The average Bonchev–Trinajstić information content (AvgIpc) is 2.69. The smallest absolute Gasteiger partial charge is 0.225 e. The molecule has 2 aromatic carbocycles. The molecule has 4 nitrogen and oxygen atoms in total. The molecule has 0 aliphatic carbocycles. The van der Waals surface area contributed by atoms with Crippen LogP contribution in [0.4, 0.5) is 5.69 Å².